The van der Waals surface area contributed by atoms with Crippen molar-refractivity contribution in [2.45, 2.75) is 38.5 Å². The third-order valence-corrected chi connectivity index (χ3v) is 3.35. The van der Waals surface area contributed by atoms with Crippen LogP contribution in [-0.4, -0.2) is 5.75 Å². The molecule has 0 aliphatic heterocycles. The van der Waals surface area contributed by atoms with E-state index in [4.69, 9.17) is 0 Å². The number of fused-ring (bicyclic) bond motifs is 1. The van der Waals surface area contributed by atoms with E-state index >= 15 is 0 Å². The molecule has 1 aromatic carbocycles. The molecule has 0 radical (unpaired) electrons. The Hall–Kier alpha value is -0.430. The summed E-state index contributed by atoms with van der Waals surface area (Å²) in [5.41, 5.74) is 4.71. The molecule has 0 saturated heterocycles. The van der Waals surface area contributed by atoms with Crippen LogP contribution in [0.1, 0.15) is 36.0 Å². The van der Waals surface area contributed by atoms with Gasteiger partial charge in [-0.2, -0.15) is 12.6 Å². The number of unbranched alkanes of at least 4 members (excludes halogenated alkanes) is 1. The highest BCUT2D eigenvalue weighted by Crippen LogP contribution is 2.23. The van der Waals surface area contributed by atoms with Gasteiger partial charge in [-0.05, 0) is 61.0 Å². The smallest absolute Gasteiger partial charge is 0.00978 e. The fourth-order valence-corrected chi connectivity index (χ4v) is 2.45. The molecule has 0 N–H and O–H groups in total. The van der Waals surface area contributed by atoms with Crippen molar-refractivity contribution in [1.29, 1.82) is 0 Å². The third kappa shape index (κ3) is 2.33. The van der Waals surface area contributed by atoms with E-state index in [9.17, 15) is 0 Å². The normalized spacial score (nSPS) is 14.4. The second-order valence-corrected chi connectivity index (χ2v) is 4.58. The predicted molar refractivity (Wildman–Crippen MR) is 65.3 cm³/mol. The van der Waals surface area contributed by atoms with Gasteiger partial charge in [-0.25, -0.2) is 0 Å². The lowest BCUT2D eigenvalue weighted by Crippen LogP contribution is -1.89. The highest BCUT2D eigenvalue weighted by atomic mass is 32.1. The van der Waals surface area contributed by atoms with Gasteiger partial charge in [0.25, 0.3) is 0 Å². The van der Waals surface area contributed by atoms with E-state index in [1.165, 1.54) is 44.1 Å². The summed E-state index contributed by atoms with van der Waals surface area (Å²) in [6.45, 7) is 0. The van der Waals surface area contributed by atoms with E-state index < -0.39 is 0 Å². The van der Waals surface area contributed by atoms with E-state index in [1.54, 1.807) is 11.1 Å². The predicted octanol–water partition coefficient (Wildman–Crippen LogP) is 3.43. The minimum Gasteiger partial charge on any atom is -0.179 e. The van der Waals surface area contributed by atoms with Gasteiger partial charge in [0.05, 0.1) is 0 Å². The minimum atomic E-state index is 1.02. The third-order valence-electron chi connectivity index (χ3n) is 3.04. The van der Waals surface area contributed by atoms with E-state index in [1.807, 2.05) is 0 Å². The highest BCUT2D eigenvalue weighted by molar-refractivity contribution is 7.80. The fourth-order valence-electron chi connectivity index (χ4n) is 2.22. The zero-order chi connectivity index (χ0) is 9.80. The van der Waals surface area contributed by atoms with Crippen LogP contribution in [0.2, 0.25) is 0 Å². The number of thiol groups is 1. The first-order valence-corrected chi connectivity index (χ1v) is 6.25. The Balaban J connectivity index is 1.98. The standard InChI is InChI=1S/C13H18S/c14-9-2-1-4-11-7-8-12-5-3-6-13(12)10-11/h7-8,10,14H,1-6,9H2. The molecule has 1 aliphatic carbocycles. The Labute approximate surface area is 92.1 Å². The average Bonchev–Trinajstić information content (AvgIpc) is 2.65. The molecule has 0 aromatic heterocycles. The van der Waals surface area contributed by atoms with Crippen molar-refractivity contribution in [3.05, 3.63) is 34.9 Å². The quantitative estimate of drug-likeness (QED) is 0.566. The molecule has 0 atom stereocenters. The lowest BCUT2D eigenvalue weighted by Gasteiger charge is -2.04. The maximum absolute atomic E-state index is 4.23. The summed E-state index contributed by atoms with van der Waals surface area (Å²) in [7, 11) is 0. The molecule has 0 unspecified atom stereocenters. The number of hydrogen-bond donors (Lipinski definition) is 1. The number of hydrogen-bond acceptors (Lipinski definition) is 1. The van der Waals surface area contributed by atoms with Crippen molar-refractivity contribution in [2.75, 3.05) is 5.75 Å². The topological polar surface area (TPSA) is 0 Å². The van der Waals surface area contributed by atoms with Gasteiger partial charge in [-0.1, -0.05) is 18.2 Å². The van der Waals surface area contributed by atoms with Gasteiger partial charge in [-0.15, -0.1) is 0 Å². The van der Waals surface area contributed by atoms with Gasteiger partial charge in [0, 0.05) is 0 Å². The summed E-state index contributed by atoms with van der Waals surface area (Å²) in [4.78, 5) is 0. The Morgan fingerprint density at radius 2 is 1.93 bits per heavy atom. The minimum absolute atomic E-state index is 1.02. The maximum atomic E-state index is 4.23. The molecule has 0 amide bonds. The Morgan fingerprint density at radius 3 is 2.79 bits per heavy atom. The second-order valence-electron chi connectivity index (χ2n) is 4.14. The molecule has 0 bridgehead atoms. The van der Waals surface area contributed by atoms with Crippen LogP contribution in [0.4, 0.5) is 0 Å². The lowest BCUT2D eigenvalue weighted by molar-refractivity contribution is 0.803. The molecule has 1 aliphatic rings. The van der Waals surface area contributed by atoms with Crippen molar-refractivity contribution < 1.29 is 0 Å². The number of benzene rings is 1. The summed E-state index contributed by atoms with van der Waals surface area (Å²) in [6.07, 6.45) is 7.70. The molecule has 1 aromatic rings. The molecular formula is C13H18S. The highest BCUT2D eigenvalue weighted by Gasteiger charge is 2.10. The first kappa shape index (κ1) is 10.1. The molecular weight excluding hydrogens is 188 g/mol. The van der Waals surface area contributed by atoms with Gasteiger partial charge >= 0.3 is 0 Å². The summed E-state index contributed by atoms with van der Waals surface area (Å²) in [5.74, 6) is 1.02. The first-order valence-electron chi connectivity index (χ1n) is 5.61. The Kier molecular flexibility index (Phi) is 3.52. The molecule has 2 rings (SSSR count). The van der Waals surface area contributed by atoms with Crippen molar-refractivity contribution >= 4 is 12.6 Å². The van der Waals surface area contributed by atoms with Crippen molar-refractivity contribution in [2.24, 2.45) is 0 Å². The van der Waals surface area contributed by atoms with Crippen molar-refractivity contribution in [1.82, 2.24) is 0 Å². The zero-order valence-corrected chi connectivity index (χ0v) is 9.52. The largest absolute Gasteiger partial charge is 0.179 e. The van der Waals surface area contributed by atoms with Gasteiger partial charge in [0.2, 0.25) is 0 Å². The second kappa shape index (κ2) is 4.88. The molecule has 1 heteroatoms. The van der Waals surface area contributed by atoms with Crippen LogP contribution in [0, 0.1) is 0 Å². The average molecular weight is 206 g/mol. The summed E-state index contributed by atoms with van der Waals surface area (Å²) < 4.78 is 0. The fraction of sp³-hybridized carbons (Fsp3) is 0.538. The number of rotatable bonds is 4. The molecule has 0 fully saturated rings. The summed E-state index contributed by atoms with van der Waals surface area (Å²) in [5, 5.41) is 0. The summed E-state index contributed by atoms with van der Waals surface area (Å²) >= 11 is 4.23. The van der Waals surface area contributed by atoms with Gasteiger partial charge in [0.15, 0.2) is 0 Å². The van der Waals surface area contributed by atoms with Crippen LogP contribution >= 0.6 is 12.6 Å². The van der Waals surface area contributed by atoms with Crippen LogP contribution < -0.4 is 0 Å². The molecule has 14 heavy (non-hydrogen) atoms. The zero-order valence-electron chi connectivity index (χ0n) is 8.63. The van der Waals surface area contributed by atoms with Crippen LogP contribution in [0.25, 0.3) is 0 Å². The molecule has 76 valence electrons. The van der Waals surface area contributed by atoms with Crippen LogP contribution in [0.15, 0.2) is 18.2 Å². The van der Waals surface area contributed by atoms with E-state index in [0.29, 0.717) is 0 Å². The van der Waals surface area contributed by atoms with E-state index in [-0.39, 0.29) is 0 Å². The van der Waals surface area contributed by atoms with Crippen molar-refractivity contribution in [3.8, 4) is 0 Å². The number of aryl methyl sites for hydroxylation is 3. The Bertz CT molecular complexity index is 304. The van der Waals surface area contributed by atoms with Crippen LogP contribution in [0.3, 0.4) is 0 Å². The van der Waals surface area contributed by atoms with Crippen LogP contribution in [-0.2, 0) is 19.3 Å². The molecule has 0 nitrogen and oxygen atoms in total. The van der Waals surface area contributed by atoms with E-state index in [2.05, 4.69) is 30.8 Å². The Morgan fingerprint density at radius 1 is 1.07 bits per heavy atom. The van der Waals surface area contributed by atoms with Gasteiger partial charge in [-0.3, -0.25) is 0 Å². The molecule has 0 spiro atoms. The van der Waals surface area contributed by atoms with Crippen molar-refractivity contribution in [3.63, 3.8) is 0 Å². The lowest BCUT2D eigenvalue weighted by atomic mass is 10.0. The van der Waals surface area contributed by atoms with Gasteiger partial charge < -0.3 is 0 Å². The first-order chi connectivity index (χ1) is 6.90. The molecule has 0 heterocycles. The van der Waals surface area contributed by atoms with Gasteiger partial charge in [0.1, 0.15) is 0 Å². The van der Waals surface area contributed by atoms with E-state index in [0.717, 1.165) is 5.75 Å². The monoisotopic (exact) mass is 206 g/mol. The summed E-state index contributed by atoms with van der Waals surface area (Å²) in [6, 6.07) is 7.06. The SMILES string of the molecule is SCCCCc1ccc2c(c1)CCC2. The molecule has 0 saturated carbocycles. The van der Waals surface area contributed by atoms with Crippen LogP contribution in [0.5, 0.6) is 0 Å². The maximum Gasteiger partial charge on any atom is -0.00978 e.